The Hall–Kier alpha value is -3.46. The Labute approximate surface area is 198 Å². The molecule has 1 heterocycles. The lowest BCUT2D eigenvalue weighted by Crippen LogP contribution is -2.13. The summed E-state index contributed by atoms with van der Waals surface area (Å²) in [5.41, 5.74) is 2.18. The maximum Gasteiger partial charge on any atom is 0.228 e. The second-order valence-corrected chi connectivity index (χ2v) is 7.32. The van der Waals surface area contributed by atoms with Crippen molar-refractivity contribution in [2.45, 2.75) is 12.8 Å². The van der Waals surface area contributed by atoms with Gasteiger partial charge in [-0.05, 0) is 59.8 Å². The molecule has 2 aromatic carbocycles. The molecule has 0 aliphatic carbocycles. The third-order valence-electron chi connectivity index (χ3n) is 4.90. The first-order chi connectivity index (χ1) is 16.1. The van der Waals surface area contributed by atoms with Gasteiger partial charge in [0, 0.05) is 13.1 Å². The largest absolute Gasteiger partial charge is 0.493 e. The topological polar surface area (TPSA) is 99.7 Å². The molecular weight excluding hydrogens is 446 g/mol. The van der Waals surface area contributed by atoms with Gasteiger partial charge in [-0.2, -0.15) is 15.0 Å². The smallest absolute Gasteiger partial charge is 0.228 e. The van der Waals surface area contributed by atoms with Gasteiger partial charge >= 0.3 is 0 Å². The number of methoxy groups -OCH3 is 4. The molecule has 1 aromatic heterocycles. The Kier molecular flexibility index (Phi) is 8.77. The molecule has 0 aliphatic heterocycles. The average Bonchev–Trinajstić information content (AvgIpc) is 2.83. The van der Waals surface area contributed by atoms with Crippen molar-refractivity contribution in [2.75, 3.05) is 52.2 Å². The van der Waals surface area contributed by atoms with E-state index in [0.717, 1.165) is 24.0 Å². The zero-order valence-electron chi connectivity index (χ0n) is 19.1. The summed E-state index contributed by atoms with van der Waals surface area (Å²) in [6.45, 7) is 1.22. The quantitative estimate of drug-likeness (QED) is 0.406. The fourth-order valence-corrected chi connectivity index (χ4v) is 3.38. The predicted octanol–water partition coefficient (Wildman–Crippen LogP) is 3.87. The molecule has 0 amide bonds. The SMILES string of the molecule is COc1ccc(CCNc2nc(Cl)nc(NCCc3ccc(OC)c(OC)c3)n2)cc1OC. The van der Waals surface area contributed by atoms with E-state index >= 15 is 0 Å². The van der Waals surface area contributed by atoms with Crippen LogP contribution in [0.1, 0.15) is 11.1 Å². The standard InChI is InChI=1S/C23H28ClN5O4/c1-30-17-7-5-15(13-19(17)32-3)9-11-25-22-27-21(24)28-23(29-22)26-12-10-16-6-8-18(31-2)20(14-16)33-4/h5-8,13-14H,9-12H2,1-4H3,(H2,25,26,27,28,29). The van der Waals surface area contributed by atoms with Gasteiger partial charge in [-0.3, -0.25) is 0 Å². The van der Waals surface area contributed by atoms with Crippen LogP contribution in [0.15, 0.2) is 36.4 Å². The number of nitrogens with one attached hydrogen (secondary N) is 2. The first kappa shape index (κ1) is 24.2. The van der Waals surface area contributed by atoms with Crippen LogP contribution in [0.5, 0.6) is 23.0 Å². The van der Waals surface area contributed by atoms with Gasteiger partial charge in [0.25, 0.3) is 0 Å². The first-order valence-electron chi connectivity index (χ1n) is 10.4. The maximum atomic E-state index is 6.08. The molecule has 2 N–H and O–H groups in total. The second-order valence-electron chi connectivity index (χ2n) is 6.98. The number of aromatic nitrogens is 3. The van der Waals surface area contributed by atoms with E-state index in [1.807, 2.05) is 36.4 Å². The molecule has 0 unspecified atom stereocenters. The van der Waals surface area contributed by atoms with E-state index in [9.17, 15) is 0 Å². The normalized spacial score (nSPS) is 10.5. The maximum absolute atomic E-state index is 6.08. The molecule has 33 heavy (non-hydrogen) atoms. The lowest BCUT2D eigenvalue weighted by Gasteiger charge is -2.11. The number of anilines is 2. The lowest BCUT2D eigenvalue weighted by atomic mass is 10.1. The van der Waals surface area contributed by atoms with E-state index in [1.54, 1.807) is 28.4 Å². The van der Waals surface area contributed by atoms with Crippen molar-refractivity contribution in [1.29, 1.82) is 0 Å². The van der Waals surface area contributed by atoms with Gasteiger partial charge in [-0.15, -0.1) is 0 Å². The van der Waals surface area contributed by atoms with E-state index in [-0.39, 0.29) is 5.28 Å². The van der Waals surface area contributed by atoms with Gasteiger partial charge in [0.15, 0.2) is 23.0 Å². The molecule has 3 aromatic rings. The van der Waals surface area contributed by atoms with Crippen LogP contribution in [0.2, 0.25) is 5.28 Å². The molecule has 0 aliphatic rings. The highest BCUT2D eigenvalue weighted by atomic mass is 35.5. The zero-order chi connectivity index (χ0) is 23.6. The molecular formula is C23H28ClN5O4. The van der Waals surface area contributed by atoms with Crippen molar-refractivity contribution in [1.82, 2.24) is 15.0 Å². The van der Waals surface area contributed by atoms with Crippen molar-refractivity contribution in [3.8, 4) is 23.0 Å². The summed E-state index contributed by atoms with van der Waals surface area (Å²) in [5, 5.41) is 6.49. The minimum Gasteiger partial charge on any atom is -0.493 e. The fourth-order valence-electron chi connectivity index (χ4n) is 3.22. The summed E-state index contributed by atoms with van der Waals surface area (Å²) in [7, 11) is 6.46. The monoisotopic (exact) mass is 473 g/mol. The molecule has 0 spiro atoms. The van der Waals surface area contributed by atoms with Gasteiger partial charge < -0.3 is 29.6 Å². The minimum atomic E-state index is 0.118. The highest BCUT2D eigenvalue weighted by Gasteiger charge is 2.08. The summed E-state index contributed by atoms with van der Waals surface area (Å²) in [6.07, 6.45) is 1.48. The third kappa shape index (κ3) is 6.76. The van der Waals surface area contributed by atoms with Crippen LogP contribution in [0.25, 0.3) is 0 Å². The second kappa shape index (κ2) is 12.0. The van der Waals surface area contributed by atoms with Crippen molar-refractivity contribution < 1.29 is 18.9 Å². The first-order valence-corrected chi connectivity index (χ1v) is 10.7. The van der Waals surface area contributed by atoms with Gasteiger partial charge in [0.2, 0.25) is 17.2 Å². The van der Waals surface area contributed by atoms with Crippen LogP contribution in [-0.2, 0) is 12.8 Å². The highest BCUT2D eigenvalue weighted by Crippen LogP contribution is 2.28. The molecule has 0 atom stereocenters. The van der Waals surface area contributed by atoms with Gasteiger partial charge in [-0.25, -0.2) is 0 Å². The number of rotatable bonds is 12. The van der Waals surface area contributed by atoms with Crippen molar-refractivity contribution in [3.05, 3.63) is 52.8 Å². The van der Waals surface area contributed by atoms with Crippen LogP contribution < -0.4 is 29.6 Å². The summed E-state index contributed by atoms with van der Waals surface area (Å²) in [5.74, 6) is 3.59. The van der Waals surface area contributed by atoms with Crippen LogP contribution in [0.4, 0.5) is 11.9 Å². The van der Waals surface area contributed by atoms with Gasteiger partial charge in [0.05, 0.1) is 28.4 Å². The molecule has 0 radical (unpaired) electrons. The van der Waals surface area contributed by atoms with Crippen molar-refractivity contribution in [3.63, 3.8) is 0 Å². The number of hydrogen-bond acceptors (Lipinski definition) is 9. The van der Waals surface area contributed by atoms with Crippen molar-refractivity contribution >= 4 is 23.5 Å². The van der Waals surface area contributed by atoms with E-state index in [0.29, 0.717) is 48.0 Å². The van der Waals surface area contributed by atoms with Crippen LogP contribution in [0.3, 0.4) is 0 Å². The molecule has 0 saturated carbocycles. The number of benzene rings is 2. The number of ether oxygens (including phenoxy) is 4. The Morgan fingerprint density at radius 2 is 1.06 bits per heavy atom. The predicted molar refractivity (Wildman–Crippen MR) is 128 cm³/mol. The molecule has 176 valence electrons. The molecule has 0 fully saturated rings. The Morgan fingerprint density at radius 1 is 0.636 bits per heavy atom. The molecule has 9 nitrogen and oxygen atoms in total. The van der Waals surface area contributed by atoms with Crippen LogP contribution in [0, 0.1) is 0 Å². The summed E-state index contributed by atoms with van der Waals surface area (Å²) in [6, 6.07) is 11.6. The zero-order valence-corrected chi connectivity index (χ0v) is 19.9. The van der Waals surface area contributed by atoms with Crippen molar-refractivity contribution in [2.24, 2.45) is 0 Å². The lowest BCUT2D eigenvalue weighted by molar-refractivity contribution is 0.354. The number of halogens is 1. The van der Waals surface area contributed by atoms with E-state index in [2.05, 4.69) is 25.6 Å². The highest BCUT2D eigenvalue weighted by molar-refractivity contribution is 6.28. The average molecular weight is 474 g/mol. The number of nitrogens with zero attached hydrogens (tertiary/aromatic N) is 3. The molecule has 3 rings (SSSR count). The Balaban J connectivity index is 1.54. The summed E-state index contributed by atoms with van der Waals surface area (Å²) in [4.78, 5) is 12.7. The Bertz CT molecular complexity index is 987. The fraction of sp³-hybridized carbons (Fsp3) is 0.348. The molecule has 0 saturated heterocycles. The van der Waals surface area contributed by atoms with E-state index in [1.165, 1.54) is 0 Å². The Morgan fingerprint density at radius 3 is 1.45 bits per heavy atom. The molecule has 10 heteroatoms. The van der Waals surface area contributed by atoms with E-state index < -0.39 is 0 Å². The van der Waals surface area contributed by atoms with Crippen LogP contribution >= 0.6 is 11.6 Å². The number of hydrogen-bond donors (Lipinski definition) is 2. The van der Waals surface area contributed by atoms with Gasteiger partial charge in [0.1, 0.15) is 0 Å². The van der Waals surface area contributed by atoms with Gasteiger partial charge in [-0.1, -0.05) is 12.1 Å². The third-order valence-corrected chi connectivity index (χ3v) is 5.07. The summed E-state index contributed by atoms with van der Waals surface area (Å²) < 4.78 is 21.2. The van der Waals surface area contributed by atoms with E-state index in [4.69, 9.17) is 30.5 Å². The van der Waals surface area contributed by atoms with Crippen LogP contribution in [-0.4, -0.2) is 56.5 Å². The summed E-state index contributed by atoms with van der Waals surface area (Å²) >= 11 is 6.08. The minimum absolute atomic E-state index is 0.118. The molecule has 0 bridgehead atoms.